The molecule has 0 spiro atoms. The van der Waals surface area contributed by atoms with Gasteiger partial charge in [0.2, 0.25) is 0 Å². The maximum absolute atomic E-state index is 11.9. The van der Waals surface area contributed by atoms with Crippen LogP contribution in [0.1, 0.15) is 15.9 Å². The van der Waals surface area contributed by atoms with E-state index >= 15 is 0 Å². The number of hydrazone groups is 1. The van der Waals surface area contributed by atoms with E-state index in [4.69, 9.17) is 23.2 Å². The molecule has 0 fully saturated rings. The van der Waals surface area contributed by atoms with Gasteiger partial charge in [0.05, 0.1) is 16.8 Å². The first kappa shape index (κ1) is 15.0. The molecule has 3 nitrogen and oxygen atoms in total. The summed E-state index contributed by atoms with van der Waals surface area (Å²) in [5.74, 6) is -0.389. The van der Waals surface area contributed by atoms with Crippen molar-refractivity contribution in [2.45, 2.75) is 0 Å². The molecule has 1 N–H and O–H groups in total. The van der Waals surface area contributed by atoms with E-state index in [0.29, 0.717) is 10.6 Å². The lowest BCUT2D eigenvalue weighted by Crippen LogP contribution is -2.18. The van der Waals surface area contributed by atoms with Crippen molar-refractivity contribution in [3.63, 3.8) is 0 Å². The maximum Gasteiger partial charge on any atom is 0.272 e. The lowest BCUT2D eigenvalue weighted by atomic mass is 10.2. The van der Waals surface area contributed by atoms with E-state index in [-0.39, 0.29) is 10.9 Å². The highest BCUT2D eigenvalue weighted by molar-refractivity contribution is 9.10. The van der Waals surface area contributed by atoms with Gasteiger partial charge in [-0.25, -0.2) is 5.43 Å². The second kappa shape index (κ2) is 6.88. The molecule has 20 heavy (non-hydrogen) atoms. The summed E-state index contributed by atoms with van der Waals surface area (Å²) in [5, 5.41) is 4.64. The third-order valence-corrected chi connectivity index (χ3v) is 3.50. The maximum atomic E-state index is 11.9. The summed E-state index contributed by atoms with van der Waals surface area (Å²) in [7, 11) is 0. The van der Waals surface area contributed by atoms with Gasteiger partial charge in [-0.05, 0) is 35.9 Å². The van der Waals surface area contributed by atoms with Crippen molar-refractivity contribution in [1.29, 1.82) is 0 Å². The first-order valence-electron chi connectivity index (χ1n) is 5.60. The Morgan fingerprint density at radius 2 is 1.85 bits per heavy atom. The number of nitrogens with one attached hydrogen (secondary N) is 1. The molecule has 102 valence electrons. The Morgan fingerprint density at radius 1 is 1.15 bits per heavy atom. The summed E-state index contributed by atoms with van der Waals surface area (Å²) in [6, 6.07) is 12.2. The van der Waals surface area contributed by atoms with Crippen molar-refractivity contribution >= 4 is 51.3 Å². The molecule has 6 heteroatoms. The van der Waals surface area contributed by atoms with Crippen LogP contribution in [0.2, 0.25) is 10.0 Å². The van der Waals surface area contributed by atoms with Gasteiger partial charge in [0.25, 0.3) is 5.91 Å². The number of rotatable bonds is 3. The number of carbonyl (C=O) groups excluding carboxylic acids is 1. The topological polar surface area (TPSA) is 41.5 Å². The molecule has 0 radical (unpaired) electrons. The molecule has 0 atom stereocenters. The van der Waals surface area contributed by atoms with Crippen LogP contribution in [0.4, 0.5) is 0 Å². The van der Waals surface area contributed by atoms with Crippen molar-refractivity contribution in [3.05, 3.63) is 68.1 Å². The van der Waals surface area contributed by atoms with E-state index in [1.807, 2.05) is 24.3 Å². The van der Waals surface area contributed by atoms with Crippen molar-refractivity contribution in [1.82, 2.24) is 5.43 Å². The van der Waals surface area contributed by atoms with Crippen LogP contribution >= 0.6 is 39.1 Å². The van der Waals surface area contributed by atoms with E-state index < -0.39 is 0 Å². The van der Waals surface area contributed by atoms with Crippen LogP contribution in [0.3, 0.4) is 0 Å². The molecule has 0 saturated carbocycles. The van der Waals surface area contributed by atoms with E-state index in [1.54, 1.807) is 18.3 Å². The molecule has 0 bridgehead atoms. The van der Waals surface area contributed by atoms with E-state index in [0.717, 1.165) is 10.0 Å². The van der Waals surface area contributed by atoms with Crippen LogP contribution in [0.15, 0.2) is 52.0 Å². The molecule has 0 aliphatic carbocycles. The SMILES string of the molecule is O=C(N/N=C\c1ccc(Br)cc1)c1ccc(Cl)cc1Cl. The Bertz CT molecular complexity index is 657. The second-order valence-electron chi connectivity index (χ2n) is 3.87. The minimum atomic E-state index is -0.389. The third kappa shape index (κ3) is 4.07. The van der Waals surface area contributed by atoms with Crippen LogP contribution in [-0.2, 0) is 0 Å². The smallest absolute Gasteiger partial charge is 0.267 e. The highest BCUT2D eigenvalue weighted by atomic mass is 79.9. The Labute approximate surface area is 134 Å². The van der Waals surface area contributed by atoms with E-state index in [9.17, 15) is 4.79 Å². The van der Waals surface area contributed by atoms with Gasteiger partial charge < -0.3 is 0 Å². The molecular weight excluding hydrogens is 363 g/mol. The molecule has 0 aliphatic heterocycles. The summed E-state index contributed by atoms with van der Waals surface area (Å²) in [4.78, 5) is 11.9. The predicted octanol–water partition coefficient (Wildman–Crippen LogP) is 4.52. The Balaban J connectivity index is 2.03. The number of hydrogen-bond donors (Lipinski definition) is 1. The monoisotopic (exact) mass is 370 g/mol. The molecule has 2 aromatic rings. The zero-order chi connectivity index (χ0) is 14.5. The summed E-state index contributed by atoms with van der Waals surface area (Å²) in [5.41, 5.74) is 3.61. The fourth-order valence-corrected chi connectivity index (χ4v) is 2.21. The second-order valence-corrected chi connectivity index (χ2v) is 5.63. The van der Waals surface area contributed by atoms with Crippen molar-refractivity contribution in [2.24, 2.45) is 5.10 Å². The predicted molar refractivity (Wildman–Crippen MR) is 85.7 cm³/mol. The number of nitrogens with zero attached hydrogens (tertiary/aromatic N) is 1. The molecule has 2 rings (SSSR count). The third-order valence-electron chi connectivity index (χ3n) is 2.43. The summed E-state index contributed by atoms with van der Waals surface area (Å²) < 4.78 is 0.978. The largest absolute Gasteiger partial charge is 0.272 e. The highest BCUT2D eigenvalue weighted by Crippen LogP contribution is 2.20. The minimum absolute atomic E-state index is 0.286. The summed E-state index contributed by atoms with van der Waals surface area (Å²) >= 11 is 15.0. The van der Waals surface area contributed by atoms with Gasteiger partial charge in [-0.1, -0.05) is 51.3 Å². The molecule has 0 aromatic heterocycles. The van der Waals surface area contributed by atoms with Crippen molar-refractivity contribution in [2.75, 3.05) is 0 Å². The number of amides is 1. The van der Waals surface area contributed by atoms with Crippen LogP contribution in [0, 0.1) is 0 Å². The fourth-order valence-electron chi connectivity index (χ4n) is 1.45. The summed E-state index contributed by atoms with van der Waals surface area (Å²) in [6.45, 7) is 0. The first-order valence-corrected chi connectivity index (χ1v) is 7.15. The average molecular weight is 372 g/mol. The van der Waals surface area contributed by atoms with Crippen LogP contribution in [0.25, 0.3) is 0 Å². The molecule has 0 aliphatic rings. The van der Waals surface area contributed by atoms with Gasteiger partial charge in [-0.3, -0.25) is 4.79 Å². The molecule has 1 amide bonds. The normalized spacial score (nSPS) is 10.8. The number of hydrogen-bond acceptors (Lipinski definition) is 2. The Kier molecular flexibility index (Phi) is 5.17. The number of carbonyl (C=O) groups is 1. The van der Waals surface area contributed by atoms with Gasteiger partial charge in [-0.2, -0.15) is 5.10 Å². The minimum Gasteiger partial charge on any atom is -0.267 e. The number of benzene rings is 2. The van der Waals surface area contributed by atoms with Gasteiger partial charge in [0.1, 0.15) is 0 Å². The van der Waals surface area contributed by atoms with E-state index in [1.165, 1.54) is 6.07 Å². The zero-order valence-corrected chi connectivity index (χ0v) is 13.2. The van der Waals surface area contributed by atoms with Crippen LogP contribution < -0.4 is 5.43 Å². The van der Waals surface area contributed by atoms with Crippen LogP contribution in [0.5, 0.6) is 0 Å². The first-order chi connectivity index (χ1) is 9.56. The molecule has 2 aromatic carbocycles. The van der Waals surface area contributed by atoms with Crippen molar-refractivity contribution in [3.8, 4) is 0 Å². The van der Waals surface area contributed by atoms with E-state index in [2.05, 4.69) is 26.5 Å². The van der Waals surface area contributed by atoms with Crippen molar-refractivity contribution < 1.29 is 4.79 Å². The molecular formula is C14H9BrCl2N2O. The summed E-state index contributed by atoms with van der Waals surface area (Å²) in [6.07, 6.45) is 1.55. The van der Waals surface area contributed by atoms with Crippen LogP contribution in [-0.4, -0.2) is 12.1 Å². The van der Waals surface area contributed by atoms with Gasteiger partial charge in [0, 0.05) is 9.50 Å². The Morgan fingerprint density at radius 3 is 2.50 bits per heavy atom. The van der Waals surface area contributed by atoms with Gasteiger partial charge in [0.15, 0.2) is 0 Å². The molecule has 0 saturated heterocycles. The number of halogens is 3. The quantitative estimate of drug-likeness (QED) is 0.625. The molecule has 0 heterocycles. The molecule has 0 unspecified atom stereocenters. The lowest BCUT2D eigenvalue weighted by Gasteiger charge is -2.02. The fraction of sp³-hybridized carbons (Fsp3) is 0. The zero-order valence-electron chi connectivity index (χ0n) is 10.1. The van der Waals surface area contributed by atoms with Gasteiger partial charge in [-0.15, -0.1) is 0 Å². The average Bonchev–Trinajstić information content (AvgIpc) is 2.41. The highest BCUT2D eigenvalue weighted by Gasteiger charge is 2.09. The standard InChI is InChI=1S/C14H9BrCl2N2O/c15-10-3-1-9(2-4-10)8-18-19-14(20)12-6-5-11(16)7-13(12)17/h1-8H,(H,19,20)/b18-8-. The van der Waals surface area contributed by atoms with Gasteiger partial charge >= 0.3 is 0 Å². The lowest BCUT2D eigenvalue weighted by molar-refractivity contribution is 0.0955. The Hall–Kier alpha value is -1.36.